The van der Waals surface area contributed by atoms with Crippen molar-refractivity contribution in [3.8, 4) is 0 Å². The third-order valence-electron chi connectivity index (χ3n) is 2.34. The Morgan fingerprint density at radius 3 is 2.67 bits per heavy atom. The lowest BCUT2D eigenvalue weighted by atomic mass is 9.94. The number of hydrogen-bond donors (Lipinski definition) is 0. The standard InChI is InChI=1S/C12H15ClO2/c1-3-6-10(12(14)15-2)9-7-4-5-8-11(9)13/h4-5,7-8,10H,3,6H2,1-2H3. The van der Waals surface area contributed by atoms with E-state index in [0.717, 1.165) is 18.4 Å². The maximum Gasteiger partial charge on any atom is 0.313 e. The van der Waals surface area contributed by atoms with Gasteiger partial charge < -0.3 is 4.74 Å². The number of carbonyl (C=O) groups is 1. The Kier molecular flexibility index (Phi) is 4.63. The monoisotopic (exact) mass is 226 g/mol. The summed E-state index contributed by atoms with van der Waals surface area (Å²) >= 11 is 6.05. The van der Waals surface area contributed by atoms with Gasteiger partial charge >= 0.3 is 5.97 Å². The molecule has 0 aliphatic heterocycles. The molecule has 0 aliphatic carbocycles. The first-order valence-electron chi connectivity index (χ1n) is 5.03. The van der Waals surface area contributed by atoms with Gasteiger partial charge in [-0.3, -0.25) is 4.79 Å². The summed E-state index contributed by atoms with van der Waals surface area (Å²) in [5.41, 5.74) is 0.855. The van der Waals surface area contributed by atoms with Crippen molar-refractivity contribution in [3.05, 3.63) is 34.9 Å². The number of carbonyl (C=O) groups excluding carboxylic acids is 1. The molecule has 2 nitrogen and oxygen atoms in total. The number of esters is 1. The van der Waals surface area contributed by atoms with Crippen LogP contribution in [0.3, 0.4) is 0 Å². The summed E-state index contributed by atoms with van der Waals surface area (Å²) in [4.78, 5) is 11.6. The van der Waals surface area contributed by atoms with Crippen LogP contribution in [-0.2, 0) is 9.53 Å². The van der Waals surface area contributed by atoms with E-state index in [1.165, 1.54) is 7.11 Å². The van der Waals surface area contributed by atoms with Gasteiger partial charge in [-0.2, -0.15) is 0 Å². The summed E-state index contributed by atoms with van der Waals surface area (Å²) in [6.07, 6.45) is 1.68. The highest BCUT2D eigenvalue weighted by Crippen LogP contribution is 2.28. The molecular formula is C12H15ClO2. The predicted molar refractivity (Wildman–Crippen MR) is 61.1 cm³/mol. The van der Waals surface area contributed by atoms with Crippen LogP contribution >= 0.6 is 11.6 Å². The zero-order valence-electron chi connectivity index (χ0n) is 9.00. The van der Waals surface area contributed by atoms with Crippen LogP contribution in [0.2, 0.25) is 5.02 Å². The van der Waals surface area contributed by atoms with E-state index >= 15 is 0 Å². The van der Waals surface area contributed by atoms with E-state index < -0.39 is 0 Å². The maximum absolute atomic E-state index is 11.6. The van der Waals surface area contributed by atoms with Crippen molar-refractivity contribution in [3.63, 3.8) is 0 Å². The van der Waals surface area contributed by atoms with E-state index in [1.54, 1.807) is 6.07 Å². The fourth-order valence-electron chi connectivity index (χ4n) is 1.59. The third kappa shape index (κ3) is 2.96. The minimum absolute atomic E-state index is 0.218. The number of hydrogen-bond acceptors (Lipinski definition) is 2. The Morgan fingerprint density at radius 1 is 1.47 bits per heavy atom. The maximum atomic E-state index is 11.6. The zero-order chi connectivity index (χ0) is 11.3. The van der Waals surface area contributed by atoms with E-state index in [0.29, 0.717) is 5.02 Å². The Labute approximate surface area is 95.2 Å². The number of methoxy groups -OCH3 is 1. The minimum Gasteiger partial charge on any atom is -0.469 e. The summed E-state index contributed by atoms with van der Waals surface area (Å²) in [6.45, 7) is 2.03. The normalized spacial score (nSPS) is 12.2. The number of halogens is 1. The van der Waals surface area contributed by atoms with Crippen molar-refractivity contribution in [1.29, 1.82) is 0 Å². The molecule has 0 spiro atoms. The van der Waals surface area contributed by atoms with Crippen LogP contribution in [0.15, 0.2) is 24.3 Å². The molecule has 1 rings (SSSR count). The molecule has 15 heavy (non-hydrogen) atoms. The van der Waals surface area contributed by atoms with Crippen LogP contribution in [0, 0.1) is 0 Å². The average Bonchev–Trinajstić information content (AvgIpc) is 2.26. The fraction of sp³-hybridized carbons (Fsp3) is 0.417. The Morgan fingerprint density at radius 2 is 2.13 bits per heavy atom. The average molecular weight is 227 g/mol. The summed E-state index contributed by atoms with van der Waals surface area (Å²) in [7, 11) is 1.40. The van der Waals surface area contributed by atoms with Crippen LogP contribution in [-0.4, -0.2) is 13.1 Å². The largest absolute Gasteiger partial charge is 0.469 e. The van der Waals surface area contributed by atoms with Gasteiger partial charge in [-0.25, -0.2) is 0 Å². The molecule has 0 radical (unpaired) electrons. The van der Waals surface area contributed by atoms with Gasteiger partial charge in [0.25, 0.3) is 0 Å². The molecule has 0 heterocycles. The second kappa shape index (κ2) is 5.76. The molecule has 82 valence electrons. The molecule has 1 aromatic rings. The first-order valence-corrected chi connectivity index (χ1v) is 5.40. The molecule has 0 saturated heterocycles. The van der Waals surface area contributed by atoms with Crippen molar-refractivity contribution < 1.29 is 9.53 Å². The molecule has 0 aliphatic rings. The van der Waals surface area contributed by atoms with Crippen molar-refractivity contribution in [2.45, 2.75) is 25.7 Å². The molecule has 0 aromatic heterocycles. The van der Waals surface area contributed by atoms with Crippen LogP contribution < -0.4 is 0 Å². The molecule has 0 N–H and O–H groups in total. The molecule has 0 amide bonds. The quantitative estimate of drug-likeness (QED) is 0.736. The molecule has 0 bridgehead atoms. The van der Waals surface area contributed by atoms with Crippen LogP contribution in [0.1, 0.15) is 31.2 Å². The topological polar surface area (TPSA) is 26.3 Å². The highest BCUT2D eigenvalue weighted by Gasteiger charge is 2.22. The molecule has 0 fully saturated rings. The van der Waals surface area contributed by atoms with Gasteiger partial charge in [-0.15, -0.1) is 0 Å². The molecule has 0 saturated carbocycles. The van der Waals surface area contributed by atoms with Gasteiger partial charge in [-0.1, -0.05) is 43.1 Å². The van der Waals surface area contributed by atoms with Crippen molar-refractivity contribution in [2.75, 3.05) is 7.11 Å². The van der Waals surface area contributed by atoms with E-state index in [1.807, 2.05) is 25.1 Å². The number of rotatable bonds is 4. The lowest BCUT2D eigenvalue weighted by Crippen LogP contribution is -2.14. The lowest BCUT2D eigenvalue weighted by molar-refractivity contribution is -0.142. The van der Waals surface area contributed by atoms with Crippen molar-refractivity contribution in [2.24, 2.45) is 0 Å². The molecule has 1 unspecified atom stereocenters. The van der Waals surface area contributed by atoms with E-state index in [9.17, 15) is 4.79 Å². The van der Waals surface area contributed by atoms with Crippen LogP contribution in [0.25, 0.3) is 0 Å². The molecule has 1 aromatic carbocycles. The highest BCUT2D eigenvalue weighted by molar-refractivity contribution is 6.31. The number of ether oxygens (including phenoxy) is 1. The van der Waals surface area contributed by atoms with E-state index in [4.69, 9.17) is 16.3 Å². The smallest absolute Gasteiger partial charge is 0.313 e. The van der Waals surface area contributed by atoms with Gasteiger partial charge in [0.2, 0.25) is 0 Å². The Hall–Kier alpha value is -1.02. The first kappa shape index (κ1) is 12.1. The molecular weight excluding hydrogens is 212 g/mol. The van der Waals surface area contributed by atoms with E-state index in [-0.39, 0.29) is 11.9 Å². The Balaban J connectivity index is 2.98. The fourth-order valence-corrected chi connectivity index (χ4v) is 1.86. The van der Waals surface area contributed by atoms with Crippen molar-refractivity contribution in [1.82, 2.24) is 0 Å². The highest BCUT2D eigenvalue weighted by atomic mass is 35.5. The Bertz CT molecular complexity index is 336. The van der Waals surface area contributed by atoms with Gasteiger partial charge in [-0.05, 0) is 18.1 Å². The van der Waals surface area contributed by atoms with Gasteiger partial charge in [0.15, 0.2) is 0 Å². The van der Waals surface area contributed by atoms with Gasteiger partial charge in [0, 0.05) is 5.02 Å². The van der Waals surface area contributed by atoms with Crippen molar-refractivity contribution >= 4 is 17.6 Å². The minimum atomic E-state index is -0.242. The zero-order valence-corrected chi connectivity index (χ0v) is 9.75. The summed E-state index contributed by atoms with van der Waals surface area (Å²) in [5.74, 6) is -0.460. The SMILES string of the molecule is CCCC(C(=O)OC)c1ccccc1Cl. The summed E-state index contributed by atoms with van der Waals surface area (Å²) in [6, 6.07) is 7.40. The van der Waals surface area contributed by atoms with Gasteiger partial charge in [0.1, 0.15) is 0 Å². The first-order chi connectivity index (χ1) is 7.20. The summed E-state index contributed by atoms with van der Waals surface area (Å²) in [5, 5.41) is 0.626. The lowest BCUT2D eigenvalue weighted by Gasteiger charge is -2.15. The summed E-state index contributed by atoms with van der Waals surface area (Å²) < 4.78 is 4.78. The third-order valence-corrected chi connectivity index (χ3v) is 2.69. The predicted octanol–water partition coefficient (Wildman–Crippen LogP) is 3.40. The number of benzene rings is 1. The second-order valence-electron chi connectivity index (χ2n) is 3.39. The van der Waals surface area contributed by atoms with Crippen LogP contribution in [0.5, 0.6) is 0 Å². The van der Waals surface area contributed by atoms with E-state index in [2.05, 4.69) is 0 Å². The van der Waals surface area contributed by atoms with Crippen LogP contribution in [0.4, 0.5) is 0 Å². The second-order valence-corrected chi connectivity index (χ2v) is 3.79. The molecule has 3 heteroatoms. The van der Waals surface area contributed by atoms with Gasteiger partial charge in [0.05, 0.1) is 13.0 Å². The molecule has 1 atom stereocenters.